The molecule has 1 fully saturated rings. The van der Waals surface area contributed by atoms with E-state index >= 15 is 0 Å². The molecule has 1 saturated heterocycles. The molecular weight excluding hydrogens is 226 g/mol. The van der Waals surface area contributed by atoms with Crippen LogP contribution in [0.3, 0.4) is 0 Å². The maximum absolute atomic E-state index is 5.72. The highest BCUT2D eigenvalue weighted by Crippen LogP contribution is 2.21. The summed E-state index contributed by atoms with van der Waals surface area (Å²) in [4.78, 5) is 2.46. The fourth-order valence-corrected chi connectivity index (χ4v) is 2.28. The van der Waals surface area contributed by atoms with Crippen molar-refractivity contribution in [2.75, 3.05) is 32.8 Å². The Hall–Kier alpha value is -1.10. The molecule has 1 heterocycles. The van der Waals surface area contributed by atoms with Gasteiger partial charge in [-0.3, -0.25) is 4.90 Å². The first-order chi connectivity index (χ1) is 8.83. The van der Waals surface area contributed by atoms with Crippen LogP contribution >= 0.6 is 0 Å². The molecule has 18 heavy (non-hydrogen) atoms. The van der Waals surface area contributed by atoms with Gasteiger partial charge < -0.3 is 15.8 Å². The van der Waals surface area contributed by atoms with Gasteiger partial charge in [0.15, 0.2) is 0 Å². The summed E-state index contributed by atoms with van der Waals surface area (Å²) in [5.41, 5.74) is 8.10. The maximum Gasteiger partial charge on any atom is 0.124 e. The van der Waals surface area contributed by atoms with Gasteiger partial charge in [-0.2, -0.15) is 0 Å². The van der Waals surface area contributed by atoms with Crippen LogP contribution < -0.4 is 15.8 Å². The second kappa shape index (κ2) is 6.73. The van der Waals surface area contributed by atoms with Gasteiger partial charge in [0.2, 0.25) is 0 Å². The lowest BCUT2D eigenvalue weighted by Gasteiger charge is -2.27. The van der Waals surface area contributed by atoms with Gasteiger partial charge in [0.25, 0.3) is 0 Å². The van der Waals surface area contributed by atoms with Crippen LogP contribution in [0.15, 0.2) is 18.2 Å². The summed E-state index contributed by atoms with van der Waals surface area (Å²) in [6, 6.07) is 6.38. The third-order valence-electron chi connectivity index (χ3n) is 3.27. The molecule has 1 aliphatic rings. The molecule has 0 spiro atoms. The van der Waals surface area contributed by atoms with E-state index < -0.39 is 0 Å². The van der Waals surface area contributed by atoms with Gasteiger partial charge in [-0.15, -0.1) is 0 Å². The highest BCUT2D eigenvalue weighted by atomic mass is 16.5. The molecule has 0 radical (unpaired) electrons. The minimum Gasteiger partial charge on any atom is -0.494 e. The Morgan fingerprint density at radius 1 is 1.33 bits per heavy atom. The number of nitrogens with zero attached hydrogens (tertiary/aromatic N) is 1. The molecule has 4 nitrogen and oxygen atoms in total. The van der Waals surface area contributed by atoms with Gasteiger partial charge in [-0.05, 0) is 18.6 Å². The molecule has 0 bridgehead atoms. The third kappa shape index (κ3) is 3.45. The van der Waals surface area contributed by atoms with E-state index in [2.05, 4.69) is 28.4 Å². The van der Waals surface area contributed by atoms with Crippen LogP contribution in [-0.4, -0.2) is 37.7 Å². The monoisotopic (exact) mass is 249 g/mol. The highest BCUT2D eigenvalue weighted by Gasteiger charge is 2.11. The van der Waals surface area contributed by atoms with Crippen molar-refractivity contribution < 1.29 is 4.74 Å². The summed E-state index contributed by atoms with van der Waals surface area (Å²) in [6.45, 7) is 8.60. The van der Waals surface area contributed by atoms with Crippen molar-refractivity contribution in [2.45, 2.75) is 20.0 Å². The van der Waals surface area contributed by atoms with Crippen LogP contribution in [0.25, 0.3) is 0 Å². The fraction of sp³-hybridized carbons (Fsp3) is 0.571. The molecule has 0 amide bonds. The van der Waals surface area contributed by atoms with E-state index in [4.69, 9.17) is 10.5 Å². The second-order valence-corrected chi connectivity index (χ2v) is 4.61. The number of ether oxygens (including phenoxy) is 1. The Morgan fingerprint density at radius 3 is 2.78 bits per heavy atom. The predicted octanol–water partition coefficient (Wildman–Crippen LogP) is 0.949. The van der Waals surface area contributed by atoms with E-state index in [-0.39, 0.29) is 0 Å². The standard InChI is InChI=1S/C14H23N3O/c1-2-18-14-9-12(3-4-13(14)10-15)11-17-7-5-16-6-8-17/h3-4,9,16H,2,5-8,10-11,15H2,1H3. The van der Waals surface area contributed by atoms with Crippen molar-refractivity contribution in [3.63, 3.8) is 0 Å². The second-order valence-electron chi connectivity index (χ2n) is 4.61. The summed E-state index contributed by atoms with van der Waals surface area (Å²) in [6.07, 6.45) is 0. The van der Waals surface area contributed by atoms with E-state index in [1.165, 1.54) is 5.56 Å². The topological polar surface area (TPSA) is 50.5 Å². The Kier molecular flexibility index (Phi) is 4.99. The van der Waals surface area contributed by atoms with Gasteiger partial charge in [-0.1, -0.05) is 12.1 Å². The third-order valence-corrected chi connectivity index (χ3v) is 3.27. The van der Waals surface area contributed by atoms with Crippen molar-refractivity contribution in [3.05, 3.63) is 29.3 Å². The first-order valence-corrected chi connectivity index (χ1v) is 6.71. The average Bonchev–Trinajstić information content (AvgIpc) is 2.41. The molecule has 3 N–H and O–H groups in total. The first-order valence-electron chi connectivity index (χ1n) is 6.71. The molecule has 0 aliphatic carbocycles. The minimum atomic E-state index is 0.531. The summed E-state index contributed by atoms with van der Waals surface area (Å²) in [7, 11) is 0. The average molecular weight is 249 g/mol. The molecule has 4 heteroatoms. The van der Waals surface area contributed by atoms with E-state index in [0.717, 1.165) is 44.0 Å². The normalized spacial score (nSPS) is 16.8. The number of piperazine rings is 1. The molecule has 1 aliphatic heterocycles. The van der Waals surface area contributed by atoms with Crippen molar-refractivity contribution in [1.29, 1.82) is 0 Å². The summed E-state index contributed by atoms with van der Waals surface area (Å²) < 4.78 is 5.65. The fourth-order valence-electron chi connectivity index (χ4n) is 2.28. The molecule has 100 valence electrons. The Bertz CT molecular complexity index is 375. The van der Waals surface area contributed by atoms with Crippen LogP contribution in [0, 0.1) is 0 Å². The highest BCUT2D eigenvalue weighted by molar-refractivity contribution is 5.37. The maximum atomic E-state index is 5.72. The van der Waals surface area contributed by atoms with Crippen LogP contribution in [0.2, 0.25) is 0 Å². The summed E-state index contributed by atoms with van der Waals surface area (Å²) in [5, 5.41) is 3.37. The van der Waals surface area contributed by atoms with Crippen LogP contribution in [0.4, 0.5) is 0 Å². The number of nitrogens with one attached hydrogen (secondary N) is 1. The smallest absolute Gasteiger partial charge is 0.124 e. The molecule has 0 unspecified atom stereocenters. The quantitative estimate of drug-likeness (QED) is 0.816. The molecule has 0 atom stereocenters. The molecule has 1 aromatic carbocycles. The number of nitrogens with two attached hydrogens (primary N) is 1. The largest absolute Gasteiger partial charge is 0.494 e. The SMILES string of the molecule is CCOc1cc(CN2CCNCC2)ccc1CN. The molecule has 0 aromatic heterocycles. The van der Waals surface area contributed by atoms with Gasteiger partial charge in [0, 0.05) is 44.8 Å². The zero-order valence-corrected chi connectivity index (χ0v) is 11.1. The summed E-state index contributed by atoms with van der Waals surface area (Å²) in [5.74, 6) is 0.938. The van der Waals surface area contributed by atoms with Gasteiger partial charge in [0.1, 0.15) is 5.75 Å². The van der Waals surface area contributed by atoms with Crippen molar-refractivity contribution in [1.82, 2.24) is 10.2 Å². The van der Waals surface area contributed by atoms with Crippen molar-refractivity contribution >= 4 is 0 Å². The Labute approximate surface area is 109 Å². The van der Waals surface area contributed by atoms with Crippen LogP contribution in [0.1, 0.15) is 18.1 Å². The predicted molar refractivity (Wildman–Crippen MR) is 73.6 cm³/mol. The first kappa shape index (κ1) is 13.3. The van der Waals surface area contributed by atoms with E-state index in [1.807, 2.05) is 6.92 Å². The number of hydrogen-bond donors (Lipinski definition) is 2. The van der Waals surface area contributed by atoms with Crippen LogP contribution in [0.5, 0.6) is 5.75 Å². The van der Waals surface area contributed by atoms with Crippen LogP contribution in [-0.2, 0) is 13.1 Å². The van der Waals surface area contributed by atoms with Crippen molar-refractivity contribution in [2.24, 2.45) is 5.73 Å². The number of rotatable bonds is 5. The number of benzene rings is 1. The Balaban J connectivity index is 2.05. The molecule has 2 rings (SSSR count). The molecule has 0 saturated carbocycles. The van der Waals surface area contributed by atoms with Gasteiger partial charge >= 0.3 is 0 Å². The molecular formula is C14H23N3O. The minimum absolute atomic E-state index is 0.531. The lowest BCUT2D eigenvalue weighted by atomic mass is 10.1. The zero-order chi connectivity index (χ0) is 12.8. The lowest BCUT2D eigenvalue weighted by Crippen LogP contribution is -2.42. The van der Waals surface area contributed by atoms with Gasteiger partial charge in [0.05, 0.1) is 6.61 Å². The van der Waals surface area contributed by atoms with Crippen molar-refractivity contribution in [3.8, 4) is 5.75 Å². The lowest BCUT2D eigenvalue weighted by molar-refractivity contribution is 0.232. The van der Waals surface area contributed by atoms with E-state index in [9.17, 15) is 0 Å². The number of hydrogen-bond acceptors (Lipinski definition) is 4. The van der Waals surface area contributed by atoms with Gasteiger partial charge in [-0.25, -0.2) is 0 Å². The summed E-state index contributed by atoms with van der Waals surface area (Å²) >= 11 is 0. The van der Waals surface area contributed by atoms with E-state index in [0.29, 0.717) is 13.2 Å². The zero-order valence-electron chi connectivity index (χ0n) is 11.1. The van der Waals surface area contributed by atoms with E-state index in [1.54, 1.807) is 0 Å². The molecule has 1 aromatic rings. The Morgan fingerprint density at radius 2 is 2.11 bits per heavy atom.